The first-order chi connectivity index (χ1) is 6.34. The Hall–Kier alpha value is -0.120. The Kier molecular flexibility index (Phi) is 8.40. The van der Waals surface area contributed by atoms with Crippen molar-refractivity contribution in [1.82, 2.24) is 0 Å². The van der Waals surface area contributed by atoms with Gasteiger partial charge in [-0.2, -0.15) is 0 Å². The highest BCUT2D eigenvalue weighted by atomic mass is 16.5. The van der Waals surface area contributed by atoms with E-state index in [9.17, 15) is 5.11 Å². The lowest BCUT2D eigenvalue weighted by Gasteiger charge is -2.27. The highest BCUT2D eigenvalue weighted by Crippen LogP contribution is 2.20. The van der Waals surface area contributed by atoms with Crippen LogP contribution in [0.15, 0.2) is 0 Å². The average molecular weight is 190 g/mol. The van der Waals surface area contributed by atoms with Gasteiger partial charge in [-0.05, 0) is 12.8 Å². The molecule has 1 rings (SSSR count). The summed E-state index contributed by atoms with van der Waals surface area (Å²) in [5, 5.41) is 17.9. The summed E-state index contributed by atoms with van der Waals surface area (Å²) in [6, 6.07) is 0. The van der Waals surface area contributed by atoms with Crippen LogP contribution in [0.4, 0.5) is 0 Å². The Morgan fingerprint density at radius 3 is 2.38 bits per heavy atom. The summed E-state index contributed by atoms with van der Waals surface area (Å²) in [7, 11) is 0. The smallest absolute Gasteiger partial charge is 0.0835 e. The Bertz CT molecular complexity index is 106. The van der Waals surface area contributed by atoms with Crippen LogP contribution in [0.1, 0.15) is 39.5 Å². The highest BCUT2D eigenvalue weighted by Gasteiger charge is 2.22. The molecule has 0 saturated heterocycles. The van der Waals surface area contributed by atoms with Gasteiger partial charge in [-0.25, -0.2) is 0 Å². The molecule has 1 fully saturated rings. The summed E-state index contributed by atoms with van der Waals surface area (Å²) in [4.78, 5) is 0. The molecular weight excluding hydrogens is 168 g/mol. The van der Waals surface area contributed by atoms with Crippen molar-refractivity contribution in [2.75, 3.05) is 13.2 Å². The molecule has 2 unspecified atom stereocenters. The van der Waals surface area contributed by atoms with E-state index in [1.54, 1.807) is 0 Å². The van der Waals surface area contributed by atoms with Gasteiger partial charge in [0.15, 0.2) is 0 Å². The number of aliphatic hydroxyl groups excluding tert-OH is 2. The zero-order chi connectivity index (χ0) is 10.1. The van der Waals surface area contributed by atoms with Crippen LogP contribution in [0.2, 0.25) is 0 Å². The van der Waals surface area contributed by atoms with E-state index in [2.05, 4.69) is 0 Å². The first kappa shape index (κ1) is 12.9. The van der Waals surface area contributed by atoms with Crippen molar-refractivity contribution in [1.29, 1.82) is 0 Å². The van der Waals surface area contributed by atoms with Crippen molar-refractivity contribution >= 4 is 0 Å². The lowest BCUT2D eigenvalue weighted by Crippen LogP contribution is -2.32. The third-order valence-corrected chi connectivity index (χ3v) is 2.09. The minimum absolute atomic E-state index is 0.0316. The van der Waals surface area contributed by atoms with Crippen molar-refractivity contribution in [2.24, 2.45) is 0 Å². The van der Waals surface area contributed by atoms with E-state index in [1.165, 1.54) is 0 Å². The molecule has 0 amide bonds. The van der Waals surface area contributed by atoms with Crippen LogP contribution in [0.25, 0.3) is 0 Å². The molecule has 0 aliphatic heterocycles. The van der Waals surface area contributed by atoms with Gasteiger partial charge in [-0.1, -0.05) is 26.7 Å². The van der Waals surface area contributed by atoms with E-state index in [-0.39, 0.29) is 18.8 Å². The predicted octanol–water partition coefficient (Wildman–Crippen LogP) is 1.32. The van der Waals surface area contributed by atoms with E-state index >= 15 is 0 Å². The minimum Gasteiger partial charge on any atom is -0.394 e. The first-order valence-electron chi connectivity index (χ1n) is 5.25. The van der Waals surface area contributed by atoms with Crippen LogP contribution >= 0.6 is 0 Å². The summed E-state index contributed by atoms with van der Waals surface area (Å²) in [5.41, 5.74) is 0. The number of ether oxygens (including phenoxy) is 1. The fraction of sp³-hybridized carbons (Fsp3) is 1.00. The van der Waals surface area contributed by atoms with Crippen molar-refractivity contribution in [3.63, 3.8) is 0 Å². The maximum Gasteiger partial charge on any atom is 0.0835 e. The normalized spacial score (nSPS) is 27.7. The molecule has 0 aromatic rings. The van der Waals surface area contributed by atoms with Crippen molar-refractivity contribution in [3.8, 4) is 0 Å². The van der Waals surface area contributed by atoms with Gasteiger partial charge in [-0.3, -0.25) is 0 Å². The number of hydrogen-bond donors (Lipinski definition) is 2. The second-order valence-electron chi connectivity index (χ2n) is 2.98. The molecule has 1 aliphatic rings. The number of rotatable bonds is 3. The van der Waals surface area contributed by atoms with Gasteiger partial charge in [0.05, 0.1) is 25.4 Å². The molecule has 1 saturated carbocycles. The SMILES string of the molecule is CC.OCCOC1CCCCC1O. The zero-order valence-electron chi connectivity index (χ0n) is 8.70. The molecule has 0 aromatic heterocycles. The Morgan fingerprint density at radius 2 is 1.85 bits per heavy atom. The highest BCUT2D eigenvalue weighted by molar-refractivity contribution is 4.74. The molecule has 80 valence electrons. The maximum atomic E-state index is 9.39. The van der Waals surface area contributed by atoms with Gasteiger partial charge < -0.3 is 14.9 Å². The fourth-order valence-corrected chi connectivity index (χ4v) is 1.48. The second kappa shape index (κ2) is 8.48. The molecule has 0 heterocycles. The molecule has 0 radical (unpaired) electrons. The minimum atomic E-state index is -0.310. The van der Waals surface area contributed by atoms with Crippen LogP contribution < -0.4 is 0 Å². The fourth-order valence-electron chi connectivity index (χ4n) is 1.48. The van der Waals surface area contributed by atoms with Gasteiger partial charge >= 0.3 is 0 Å². The molecule has 13 heavy (non-hydrogen) atoms. The Balaban J connectivity index is 0.000000671. The topological polar surface area (TPSA) is 49.7 Å². The largest absolute Gasteiger partial charge is 0.394 e. The third kappa shape index (κ3) is 5.24. The number of aliphatic hydroxyl groups is 2. The van der Waals surface area contributed by atoms with Gasteiger partial charge in [0, 0.05) is 0 Å². The molecule has 2 N–H and O–H groups in total. The molecule has 3 nitrogen and oxygen atoms in total. The van der Waals surface area contributed by atoms with E-state index in [0.29, 0.717) is 6.61 Å². The van der Waals surface area contributed by atoms with E-state index in [1.807, 2.05) is 13.8 Å². The lowest BCUT2D eigenvalue weighted by molar-refractivity contribution is -0.0666. The first-order valence-corrected chi connectivity index (χ1v) is 5.25. The van der Waals surface area contributed by atoms with Gasteiger partial charge in [-0.15, -0.1) is 0 Å². The molecule has 0 bridgehead atoms. The Labute approximate surface area is 80.7 Å². The summed E-state index contributed by atoms with van der Waals surface area (Å²) >= 11 is 0. The Morgan fingerprint density at radius 1 is 1.23 bits per heavy atom. The van der Waals surface area contributed by atoms with Crippen LogP contribution in [0.3, 0.4) is 0 Å². The van der Waals surface area contributed by atoms with Crippen LogP contribution in [-0.2, 0) is 4.74 Å². The quantitative estimate of drug-likeness (QED) is 0.705. The van der Waals surface area contributed by atoms with Crippen LogP contribution in [0, 0.1) is 0 Å². The number of hydrogen-bond acceptors (Lipinski definition) is 3. The molecule has 1 aliphatic carbocycles. The standard InChI is InChI=1S/C8H16O3.C2H6/c9-5-6-11-8-4-2-1-3-7(8)10;1-2/h7-10H,1-6H2;1-2H3. The molecule has 2 atom stereocenters. The van der Waals surface area contributed by atoms with Gasteiger partial charge in [0.25, 0.3) is 0 Å². The summed E-state index contributed by atoms with van der Waals surface area (Å²) in [5.74, 6) is 0. The molecular formula is C10H22O3. The predicted molar refractivity (Wildman–Crippen MR) is 52.6 cm³/mol. The maximum absolute atomic E-state index is 9.39. The lowest BCUT2D eigenvalue weighted by atomic mass is 9.95. The second-order valence-corrected chi connectivity index (χ2v) is 2.98. The monoisotopic (exact) mass is 190 g/mol. The van der Waals surface area contributed by atoms with Gasteiger partial charge in [0.2, 0.25) is 0 Å². The van der Waals surface area contributed by atoms with Crippen molar-refractivity contribution < 1.29 is 14.9 Å². The van der Waals surface area contributed by atoms with Gasteiger partial charge in [0.1, 0.15) is 0 Å². The zero-order valence-corrected chi connectivity index (χ0v) is 8.70. The van der Waals surface area contributed by atoms with Crippen molar-refractivity contribution in [3.05, 3.63) is 0 Å². The average Bonchev–Trinajstić information content (AvgIpc) is 2.20. The van der Waals surface area contributed by atoms with Crippen LogP contribution in [0.5, 0.6) is 0 Å². The summed E-state index contributed by atoms with van der Waals surface area (Å²) < 4.78 is 5.24. The molecule has 0 aromatic carbocycles. The molecule has 0 spiro atoms. The summed E-state index contributed by atoms with van der Waals surface area (Å²) in [6.45, 7) is 4.39. The van der Waals surface area contributed by atoms with E-state index in [4.69, 9.17) is 9.84 Å². The van der Waals surface area contributed by atoms with E-state index < -0.39 is 0 Å². The van der Waals surface area contributed by atoms with Crippen LogP contribution in [-0.4, -0.2) is 35.6 Å². The summed E-state index contributed by atoms with van der Waals surface area (Å²) in [6.07, 6.45) is 3.66. The van der Waals surface area contributed by atoms with Crippen molar-refractivity contribution in [2.45, 2.75) is 51.7 Å². The third-order valence-electron chi connectivity index (χ3n) is 2.09. The van der Waals surface area contributed by atoms with E-state index in [0.717, 1.165) is 25.7 Å². The molecule has 3 heteroatoms.